The Bertz CT molecular complexity index is 809. The van der Waals surface area contributed by atoms with Crippen LogP contribution in [0.5, 0.6) is 0 Å². The Morgan fingerprint density at radius 2 is 1.90 bits per heavy atom. The zero-order valence-electron chi connectivity index (χ0n) is 18.2. The zero-order chi connectivity index (χ0) is 21.2. The van der Waals surface area contributed by atoms with Crippen molar-refractivity contribution in [1.82, 2.24) is 16.0 Å². The fraction of sp³-hybridized carbons (Fsp3) is 0.478. The molecule has 2 atom stereocenters. The molecule has 1 saturated heterocycles. The van der Waals surface area contributed by atoms with E-state index in [2.05, 4.69) is 47.1 Å². The van der Waals surface area contributed by atoms with E-state index in [0.29, 0.717) is 31.3 Å². The Kier molecular flexibility index (Phi) is 10.9. The highest BCUT2D eigenvalue weighted by Crippen LogP contribution is 2.33. The van der Waals surface area contributed by atoms with Gasteiger partial charge in [0, 0.05) is 38.7 Å². The van der Waals surface area contributed by atoms with Crippen LogP contribution in [0.2, 0.25) is 0 Å². The van der Waals surface area contributed by atoms with Crippen molar-refractivity contribution >= 4 is 35.8 Å². The summed E-state index contributed by atoms with van der Waals surface area (Å²) in [4.78, 5) is 16.7. The van der Waals surface area contributed by atoms with Crippen molar-refractivity contribution in [3.05, 3.63) is 59.5 Å². The first kappa shape index (κ1) is 25.2. The van der Waals surface area contributed by atoms with E-state index < -0.39 is 0 Å². The van der Waals surface area contributed by atoms with Crippen molar-refractivity contribution in [3.63, 3.8) is 0 Å². The molecule has 1 aromatic carbocycles. The number of hydrogen-bond acceptors (Lipinski definition) is 4. The molecule has 1 aliphatic rings. The van der Waals surface area contributed by atoms with Gasteiger partial charge in [0.25, 0.3) is 5.91 Å². The average molecular weight is 540 g/mol. The van der Waals surface area contributed by atoms with E-state index in [1.807, 2.05) is 6.92 Å². The molecule has 3 rings (SSSR count). The molecule has 2 heterocycles. The molecule has 0 aliphatic carbocycles. The van der Waals surface area contributed by atoms with Gasteiger partial charge in [-0.3, -0.25) is 9.79 Å². The molecule has 3 N–H and O–H groups in total. The van der Waals surface area contributed by atoms with E-state index in [1.54, 1.807) is 12.1 Å². The number of benzene rings is 1. The van der Waals surface area contributed by atoms with Crippen molar-refractivity contribution in [2.75, 3.05) is 32.8 Å². The van der Waals surface area contributed by atoms with Crippen molar-refractivity contribution in [3.8, 4) is 0 Å². The number of aryl methyl sites for hydroxylation is 1. The number of amides is 1. The highest BCUT2D eigenvalue weighted by molar-refractivity contribution is 14.0. The summed E-state index contributed by atoms with van der Waals surface area (Å²) < 4.78 is 11.2. The predicted molar refractivity (Wildman–Crippen MR) is 133 cm³/mol. The normalized spacial score (nSPS) is 18.7. The molecule has 0 saturated carbocycles. The van der Waals surface area contributed by atoms with E-state index in [-0.39, 0.29) is 36.0 Å². The van der Waals surface area contributed by atoms with Gasteiger partial charge in [-0.15, -0.1) is 24.0 Å². The fourth-order valence-corrected chi connectivity index (χ4v) is 3.56. The number of ether oxygens (including phenoxy) is 1. The quantitative estimate of drug-likeness (QED) is 0.206. The first-order valence-electron chi connectivity index (χ1n) is 10.7. The summed E-state index contributed by atoms with van der Waals surface area (Å²) in [6.45, 7) is 7.43. The summed E-state index contributed by atoms with van der Waals surface area (Å²) in [7, 11) is 0. The highest BCUT2D eigenvalue weighted by Gasteiger charge is 2.27. The second kappa shape index (κ2) is 13.4. The van der Waals surface area contributed by atoms with Gasteiger partial charge in [0.1, 0.15) is 0 Å². The molecule has 1 fully saturated rings. The van der Waals surface area contributed by atoms with Crippen LogP contribution in [0.4, 0.5) is 0 Å². The lowest BCUT2D eigenvalue weighted by atomic mass is 9.89. The van der Waals surface area contributed by atoms with Crippen LogP contribution in [0, 0.1) is 12.8 Å². The summed E-state index contributed by atoms with van der Waals surface area (Å²) in [5.41, 5.74) is 2.47. The Balaban J connectivity index is 0.00000341. The fourth-order valence-electron chi connectivity index (χ4n) is 3.56. The van der Waals surface area contributed by atoms with E-state index >= 15 is 0 Å². The van der Waals surface area contributed by atoms with Crippen LogP contribution in [-0.2, 0) is 4.74 Å². The van der Waals surface area contributed by atoms with Gasteiger partial charge >= 0.3 is 0 Å². The highest BCUT2D eigenvalue weighted by atomic mass is 127. The van der Waals surface area contributed by atoms with Crippen molar-refractivity contribution in [1.29, 1.82) is 0 Å². The number of halogens is 1. The van der Waals surface area contributed by atoms with Crippen molar-refractivity contribution in [2.45, 2.75) is 32.8 Å². The maximum absolute atomic E-state index is 11.9. The van der Waals surface area contributed by atoms with E-state index in [0.717, 1.165) is 32.0 Å². The Morgan fingerprint density at radius 3 is 2.61 bits per heavy atom. The molecule has 0 bridgehead atoms. The van der Waals surface area contributed by atoms with Crippen LogP contribution in [0.25, 0.3) is 0 Å². The number of hydrogen-bond donors (Lipinski definition) is 3. The third-order valence-corrected chi connectivity index (χ3v) is 5.13. The number of aliphatic imine (C=N–C) groups is 1. The van der Waals surface area contributed by atoms with E-state index in [9.17, 15) is 4.79 Å². The third-order valence-electron chi connectivity index (χ3n) is 5.13. The van der Waals surface area contributed by atoms with Gasteiger partial charge in [-0.25, -0.2) is 0 Å². The molecule has 1 aliphatic heterocycles. The summed E-state index contributed by atoms with van der Waals surface area (Å²) >= 11 is 0. The van der Waals surface area contributed by atoms with Gasteiger partial charge in [-0.1, -0.05) is 29.8 Å². The molecule has 7 nitrogen and oxygen atoms in total. The molecule has 2 aromatic rings. The number of rotatable bonds is 8. The van der Waals surface area contributed by atoms with Gasteiger partial charge in [0.2, 0.25) is 0 Å². The molecule has 2 unspecified atom stereocenters. The molecular weight excluding hydrogens is 507 g/mol. The number of guanidine groups is 1. The number of nitrogens with one attached hydrogen (secondary N) is 3. The lowest BCUT2D eigenvalue weighted by molar-refractivity contribution is -0.0250. The van der Waals surface area contributed by atoms with Crippen molar-refractivity contribution < 1.29 is 13.9 Å². The maximum atomic E-state index is 11.9. The topological polar surface area (TPSA) is 87.9 Å². The molecule has 8 heteroatoms. The lowest BCUT2D eigenvalue weighted by Gasteiger charge is -2.31. The minimum absolute atomic E-state index is 0. The van der Waals surface area contributed by atoms with E-state index in [1.165, 1.54) is 17.4 Å². The van der Waals surface area contributed by atoms with E-state index in [4.69, 9.17) is 14.1 Å². The molecule has 31 heavy (non-hydrogen) atoms. The average Bonchev–Trinajstić information content (AvgIpc) is 3.31. The van der Waals surface area contributed by atoms with Gasteiger partial charge < -0.3 is 25.1 Å². The summed E-state index contributed by atoms with van der Waals surface area (Å²) in [6, 6.07) is 11.9. The number of carbonyl (C=O) groups excluding carboxylic acids is 1. The minimum atomic E-state index is -0.218. The number of furan rings is 1. The molecule has 1 amide bonds. The number of carbonyl (C=O) groups is 1. The second-order valence-corrected chi connectivity index (χ2v) is 7.48. The van der Waals surface area contributed by atoms with Crippen LogP contribution >= 0.6 is 24.0 Å². The van der Waals surface area contributed by atoms with Crippen LogP contribution in [-0.4, -0.2) is 44.7 Å². The maximum Gasteiger partial charge on any atom is 0.287 e. The Hall–Kier alpha value is -2.07. The largest absolute Gasteiger partial charge is 0.459 e. The second-order valence-electron chi connectivity index (χ2n) is 7.48. The summed E-state index contributed by atoms with van der Waals surface area (Å²) in [5.74, 6) is 1.19. The molecule has 0 radical (unpaired) electrons. The predicted octanol–water partition coefficient (Wildman–Crippen LogP) is 3.66. The Labute approximate surface area is 201 Å². The monoisotopic (exact) mass is 540 g/mol. The third kappa shape index (κ3) is 7.84. The molecular formula is C23H33IN4O3. The van der Waals surface area contributed by atoms with Gasteiger partial charge in [-0.2, -0.15) is 0 Å². The van der Waals surface area contributed by atoms with Crippen LogP contribution in [0.15, 0.2) is 52.1 Å². The van der Waals surface area contributed by atoms with Crippen LogP contribution in [0.1, 0.15) is 47.6 Å². The lowest BCUT2D eigenvalue weighted by Crippen LogP contribution is -2.42. The summed E-state index contributed by atoms with van der Waals surface area (Å²) in [5, 5.41) is 9.37. The molecule has 170 valence electrons. The zero-order valence-corrected chi connectivity index (χ0v) is 20.6. The SMILES string of the molecule is CCNC(=NCC1CCCOC1c1ccc(C)cc1)NCCNC(=O)c1ccco1.I. The molecule has 1 aromatic heterocycles. The first-order chi connectivity index (χ1) is 14.7. The summed E-state index contributed by atoms with van der Waals surface area (Å²) in [6.07, 6.45) is 3.73. The van der Waals surface area contributed by atoms with Crippen molar-refractivity contribution in [2.24, 2.45) is 10.9 Å². The van der Waals surface area contributed by atoms with Gasteiger partial charge in [0.05, 0.1) is 12.4 Å². The smallest absolute Gasteiger partial charge is 0.287 e. The standard InChI is InChI=1S/C23H32N4O3.HI/c1-3-24-23(26-13-12-25-22(28)20-7-5-14-29-20)27-16-19-6-4-15-30-21(19)18-10-8-17(2)9-11-18;/h5,7-11,14,19,21H,3-4,6,12-13,15-16H2,1-2H3,(H,25,28)(H2,24,26,27);1H. The number of nitrogens with zero attached hydrogens (tertiary/aromatic N) is 1. The minimum Gasteiger partial charge on any atom is -0.459 e. The Morgan fingerprint density at radius 1 is 1.13 bits per heavy atom. The first-order valence-corrected chi connectivity index (χ1v) is 10.7. The molecule has 0 spiro atoms. The van der Waals surface area contributed by atoms with Crippen LogP contribution in [0.3, 0.4) is 0 Å². The van der Waals surface area contributed by atoms with Crippen LogP contribution < -0.4 is 16.0 Å². The van der Waals surface area contributed by atoms with Gasteiger partial charge in [0.15, 0.2) is 11.7 Å². The van der Waals surface area contributed by atoms with Gasteiger partial charge in [-0.05, 0) is 44.4 Å².